The first kappa shape index (κ1) is 43.4. The van der Waals surface area contributed by atoms with Gasteiger partial charge in [0.05, 0.1) is 16.7 Å². The Bertz CT molecular complexity index is 4960. The smallest absolute Gasteiger partial charge is 0.165 e. The van der Waals surface area contributed by atoms with Crippen LogP contribution >= 0.6 is 11.3 Å². The first-order valence-corrected chi connectivity index (χ1v) is 26.8. The van der Waals surface area contributed by atoms with Gasteiger partial charge in [-0.15, -0.1) is 11.3 Å². The zero-order valence-corrected chi connectivity index (χ0v) is 42.2. The van der Waals surface area contributed by atoms with Crippen molar-refractivity contribution in [2.24, 2.45) is 0 Å². The van der Waals surface area contributed by atoms with E-state index in [0.29, 0.717) is 17.5 Å². The highest BCUT2D eigenvalue weighted by Gasteiger charge is 2.25. The predicted molar refractivity (Wildman–Crippen MR) is 322 cm³/mol. The molecule has 0 spiro atoms. The molecular weight excluding hydrogens is 957 g/mol. The second-order valence-electron chi connectivity index (χ2n) is 19.9. The molecule has 0 amide bonds. The van der Waals surface area contributed by atoms with Crippen LogP contribution in [-0.4, -0.2) is 19.5 Å². The van der Waals surface area contributed by atoms with Gasteiger partial charge in [-0.2, -0.15) is 0 Å². The fourth-order valence-corrected chi connectivity index (χ4v) is 12.9. The Morgan fingerprint density at radius 2 is 0.831 bits per heavy atom. The number of rotatable bonds is 7. The van der Waals surface area contributed by atoms with E-state index in [-0.39, 0.29) is 0 Å². The fraction of sp³-hybridized carbons (Fsp3) is 0. The van der Waals surface area contributed by atoms with Gasteiger partial charge in [-0.05, 0) is 123 Å². The third-order valence-corrected chi connectivity index (χ3v) is 16.6. The molecule has 0 N–H and O–H groups in total. The third-order valence-electron chi connectivity index (χ3n) is 15.4. The SMILES string of the molecule is c1ccc(-c2cccc(-c3cc(-c4nc(-c5ccc6oc7ccccc7c6c5)nc(-c5cccc6c5sc5ccccc56)n4)cc(-c4ccccc4)c3-n3c4cc5ccccc5cc4c4cc5ccccc5cc43)c2)cc1. The molecule has 0 aliphatic carbocycles. The van der Waals surface area contributed by atoms with Crippen LogP contribution in [0.5, 0.6) is 0 Å². The van der Waals surface area contributed by atoms with Crippen LogP contribution in [0.15, 0.2) is 259 Å². The lowest BCUT2D eigenvalue weighted by Crippen LogP contribution is -2.04. The van der Waals surface area contributed by atoms with Crippen LogP contribution in [0.3, 0.4) is 0 Å². The van der Waals surface area contributed by atoms with E-state index in [1.54, 1.807) is 11.3 Å². The molecule has 358 valence electrons. The number of benzene rings is 12. The number of fused-ring (bicyclic) bond motifs is 11. The molecule has 5 nitrogen and oxygen atoms in total. The summed E-state index contributed by atoms with van der Waals surface area (Å²) in [6, 6.07) is 91.6. The zero-order chi connectivity index (χ0) is 50.6. The number of aromatic nitrogens is 4. The van der Waals surface area contributed by atoms with Crippen molar-refractivity contribution in [3.63, 3.8) is 0 Å². The van der Waals surface area contributed by atoms with Crippen molar-refractivity contribution >= 4 is 96.8 Å². The maximum absolute atomic E-state index is 6.34. The zero-order valence-electron chi connectivity index (χ0n) is 41.4. The topological polar surface area (TPSA) is 56.7 Å². The van der Waals surface area contributed by atoms with Gasteiger partial charge in [0.1, 0.15) is 11.2 Å². The quantitative estimate of drug-likeness (QED) is 0.160. The number of hydrogen-bond acceptors (Lipinski definition) is 5. The maximum Gasteiger partial charge on any atom is 0.165 e. The number of nitrogens with zero attached hydrogens (tertiary/aromatic N) is 4. The van der Waals surface area contributed by atoms with Gasteiger partial charge in [-0.3, -0.25) is 0 Å². The molecule has 0 aliphatic heterocycles. The Morgan fingerprint density at radius 3 is 1.56 bits per heavy atom. The van der Waals surface area contributed by atoms with Crippen LogP contribution < -0.4 is 0 Å². The Kier molecular flexibility index (Phi) is 9.74. The summed E-state index contributed by atoms with van der Waals surface area (Å²) in [7, 11) is 0. The van der Waals surface area contributed by atoms with E-state index in [0.717, 1.165) is 93.4 Å². The van der Waals surface area contributed by atoms with E-state index >= 15 is 0 Å². The largest absolute Gasteiger partial charge is 0.456 e. The molecule has 0 saturated carbocycles. The van der Waals surface area contributed by atoms with Gasteiger partial charge < -0.3 is 8.98 Å². The van der Waals surface area contributed by atoms with E-state index < -0.39 is 0 Å². The molecule has 0 bridgehead atoms. The molecule has 0 atom stereocenters. The lowest BCUT2D eigenvalue weighted by molar-refractivity contribution is 0.669. The van der Waals surface area contributed by atoms with Crippen molar-refractivity contribution in [1.82, 2.24) is 19.5 Å². The Morgan fingerprint density at radius 1 is 0.299 bits per heavy atom. The number of hydrogen-bond donors (Lipinski definition) is 0. The fourth-order valence-electron chi connectivity index (χ4n) is 11.7. The van der Waals surface area contributed by atoms with Gasteiger partial charge in [-0.25, -0.2) is 15.0 Å². The van der Waals surface area contributed by atoms with Crippen molar-refractivity contribution in [3.8, 4) is 73.2 Å². The summed E-state index contributed by atoms with van der Waals surface area (Å²) in [4.78, 5) is 16.5. The van der Waals surface area contributed by atoms with Crippen molar-refractivity contribution in [3.05, 3.63) is 255 Å². The first-order valence-electron chi connectivity index (χ1n) is 26.0. The van der Waals surface area contributed by atoms with E-state index in [9.17, 15) is 0 Å². The summed E-state index contributed by atoms with van der Waals surface area (Å²) in [6.45, 7) is 0. The summed E-state index contributed by atoms with van der Waals surface area (Å²) in [5.41, 5.74) is 14.2. The summed E-state index contributed by atoms with van der Waals surface area (Å²) >= 11 is 1.78. The van der Waals surface area contributed by atoms with E-state index in [1.165, 1.54) is 47.8 Å². The standard InChI is InChI=1S/C71H42N4OS/c1-3-17-43(18-4-1)45-25-15-26-50(35-45)58-40-52(39-57(44-19-5-2-6-20-44)67(58)75-62-41-48-23-9-7-21-46(48)36-59(62)60-37-47-22-8-10-24-49(47)42-63(60)75)70-72-69(51-33-34-65-61(38-51)53-27-11-13-31-64(53)76-65)73-71(74-70)56-30-16-29-55-54-28-12-14-32-66(54)77-68(55)56/h1-42H. The summed E-state index contributed by atoms with van der Waals surface area (Å²) < 4.78 is 11.2. The molecule has 0 saturated heterocycles. The lowest BCUT2D eigenvalue weighted by atomic mass is 9.91. The second-order valence-corrected chi connectivity index (χ2v) is 20.9. The first-order chi connectivity index (χ1) is 38.1. The molecule has 16 rings (SSSR count). The molecule has 77 heavy (non-hydrogen) atoms. The summed E-state index contributed by atoms with van der Waals surface area (Å²) in [5, 5.41) is 11.6. The number of furan rings is 1. The minimum Gasteiger partial charge on any atom is -0.456 e. The van der Waals surface area contributed by atoms with Crippen LogP contribution in [0.2, 0.25) is 0 Å². The van der Waals surface area contributed by atoms with Crippen molar-refractivity contribution in [2.45, 2.75) is 0 Å². The molecule has 0 radical (unpaired) electrons. The molecule has 4 heterocycles. The van der Waals surface area contributed by atoms with Crippen molar-refractivity contribution < 1.29 is 4.42 Å². The Balaban J connectivity index is 1.03. The molecule has 0 fully saturated rings. The third kappa shape index (κ3) is 7.11. The van der Waals surface area contributed by atoms with E-state index in [1.807, 2.05) is 18.2 Å². The van der Waals surface area contributed by atoms with Gasteiger partial charge in [0.25, 0.3) is 0 Å². The summed E-state index contributed by atoms with van der Waals surface area (Å²) in [5.74, 6) is 1.76. The predicted octanol–water partition coefficient (Wildman–Crippen LogP) is 19.5. The van der Waals surface area contributed by atoms with Gasteiger partial charge in [0, 0.05) is 69.5 Å². The van der Waals surface area contributed by atoms with Crippen LogP contribution in [0.25, 0.3) is 159 Å². The maximum atomic E-state index is 6.34. The number of para-hydroxylation sites is 1. The monoisotopic (exact) mass is 998 g/mol. The Labute approximate surface area is 446 Å². The van der Waals surface area contributed by atoms with Gasteiger partial charge in [-0.1, -0.05) is 176 Å². The molecule has 12 aromatic carbocycles. The van der Waals surface area contributed by atoms with Crippen LogP contribution in [0, 0.1) is 0 Å². The van der Waals surface area contributed by atoms with Crippen molar-refractivity contribution in [1.29, 1.82) is 0 Å². The minimum atomic E-state index is 0.573. The van der Waals surface area contributed by atoms with Gasteiger partial charge in [0.2, 0.25) is 0 Å². The second kappa shape index (κ2) is 17.3. The molecule has 16 aromatic rings. The minimum absolute atomic E-state index is 0.573. The highest BCUT2D eigenvalue weighted by atomic mass is 32.1. The average Bonchev–Trinajstić information content (AvgIpc) is 4.20. The Hall–Kier alpha value is -10.0. The summed E-state index contributed by atoms with van der Waals surface area (Å²) in [6.07, 6.45) is 0. The van der Waals surface area contributed by atoms with Crippen LogP contribution in [-0.2, 0) is 0 Å². The molecule has 0 aliphatic rings. The number of thiophene rings is 1. The normalized spacial score (nSPS) is 11.9. The molecule has 4 aromatic heterocycles. The average molecular weight is 999 g/mol. The van der Waals surface area contributed by atoms with Crippen LogP contribution in [0.4, 0.5) is 0 Å². The molecule has 6 heteroatoms. The lowest BCUT2D eigenvalue weighted by Gasteiger charge is -2.21. The van der Waals surface area contributed by atoms with Gasteiger partial charge >= 0.3 is 0 Å². The van der Waals surface area contributed by atoms with Gasteiger partial charge in [0.15, 0.2) is 17.5 Å². The van der Waals surface area contributed by atoms with E-state index in [4.69, 9.17) is 19.4 Å². The highest BCUT2D eigenvalue weighted by Crippen LogP contribution is 2.47. The highest BCUT2D eigenvalue weighted by molar-refractivity contribution is 7.26. The van der Waals surface area contributed by atoms with Crippen LogP contribution in [0.1, 0.15) is 0 Å². The van der Waals surface area contributed by atoms with E-state index in [2.05, 4.69) is 241 Å². The van der Waals surface area contributed by atoms with Crippen molar-refractivity contribution in [2.75, 3.05) is 0 Å². The molecular formula is C71H42N4OS. The molecule has 0 unspecified atom stereocenters.